The van der Waals surface area contributed by atoms with Gasteiger partial charge < -0.3 is 25.0 Å². The topological polar surface area (TPSA) is 90.2 Å². The summed E-state index contributed by atoms with van der Waals surface area (Å²) < 4.78 is 6.16. The fourth-order valence-corrected chi connectivity index (χ4v) is 3.76. The number of aliphatic hydroxyl groups is 3. The lowest BCUT2D eigenvalue weighted by Crippen LogP contribution is -2.46. The minimum atomic E-state index is -0.918. The van der Waals surface area contributed by atoms with E-state index in [2.05, 4.69) is 0 Å². The molecule has 0 unspecified atom stereocenters. The van der Waals surface area contributed by atoms with Crippen LogP contribution in [0.1, 0.15) is 34.3 Å². The van der Waals surface area contributed by atoms with Crippen molar-refractivity contribution in [1.82, 2.24) is 4.90 Å². The van der Waals surface area contributed by atoms with Crippen LogP contribution in [0.15, 0.2) is 48.5 Å². The molecular weight excluding hydrogens is 370 g/mol. The van der Waals surface area contributed by atoms with Crippen LogP contribution in [0.4, 0.5) is 0 Å². The first-order chi connectivity index (χ1) is 13.9. The van der Waals surface area contributed by atoms with Gasteiger partial charge in [-0.1, -0.05) is 30.3 Å². The fourth-order valence-electron chi connectivity index (χ4n) is 3.76. The molecule has 29 heavy (non-hydrogen) atoms. The molecule has 6 nitrogen and oxygen atoms in total. The predicted molar refractivity (Wildman–Crippen MR) is 110 cm³/mol. The SMILES string of the molecule is CN(C)C(=O)c1ccc(Cc2ccccc2O[C@@H]2C[C@H](CO)[C@@H](O)[C@H](O)C2)cc1. The van der Waals surface area contributed by atoms with E-state index in [4.69, 9.17) is 4.74 Å². The van der Waals surface area contributed by atoms with Crippen LogP contribution in [0.5, 0.6) is 5.75 Å². The first-order valence-corrected chi connectivity index (χ1v) is 9.91. The number of para-hydroxylation sites is 1. The van der Waals surface area contributed by atoms with Gasteiger partial charge >= 0.3 is 0 Å². The molecule has 1 aliphatic carbocycles. The van der Waals surface area contributed by atoms with Crippen molar-refractivity contribution >= 4 is 5.91 Å². The molecule has 3 N–H and O–H groups in total. The monoisotopic (exact) mass is 399 g/mol. The van der Waals surface area contributed by atoms with Gasteiger partial charge in [-0.05, 0) is 35.7 Å². The molecule has 0 aromatic heterocycles. The number of ether oxygens (including phenoxy) is 1. The molecule has 156 valence electrons. The van der Waals surface area contributed by atoms with E-state index < -0.39 is 18.1 Å². The molecule has 1 saturated carbocycles. The van der Waals surface area contributed by atoms with E-state index >= 15 is 0 Å². The molecule has 6 heteroatoms. The van der Waals surface area contributed by atoms with E-state index in [0.29, 0.717) is 24.8 Å². The maximum atomic E-state index is 12.0. The van der Waals surface area contributed by atoms with Gasteiger partial charge in [-0.2, -0.15) is 0 Å². The van der Waals surface area contributed by atoms with Crippen LogP contribution in [0.2, 0.25) is 0 Å². The Labute approximate surface area is 171 Å². The lowest BCUT2D eigenvalue weighted by atomic mass is 9.83. The summed E-state index contributed by atoms with van der Waals surface area (Å²) in [6, 6.07) is 15.3. The van der Waals surface area contributed by atoms with Gasteiger partial charge in [0, 0.05) is 45.0 Å². The molecule has 0 heterocycles. The second-order valence-electron chi connectivity index (χ2n) is 7.89. The smallest absolute Gasteiger partial charge is 0.253 e. The Balaban J connectivity index is 1.72. The number of benzene rings is 2. The molecule has 1 amide bonds. The van der Waals surface area contributed by atoms with Gasteiger partial charge in [0.2, 0.25) is 0 Å². The van der Waals surface area contributed by atoms with Crippen LogP contribution in [-0.4, -0.2) is 65.1 Å². The van der Waals surface area contributed by atoms with Gasteiger partial charge in [0.15, 0.2) is 0 Å². The molecule has 0 radical (unpaired) electrons. The van der Waals surface area contributed by atoms with E-state index in [1.165, 1.54) is 0 Å². The minimum absolute atomic E-state index is 0.0308. The van der Waals surface area contributed by atoms with E-state index in [0.717, 1.165) is 16.9 Å². The predicted octanol–water partition coefficient (Wildman–Crippen LogP) is 1.85. The molecule has 2 aromatic rings. The van der Waals surface area contributed by atoms with Gasteiger partial charge in [-0.25, -0.2) is 0 Å². The van der Waals surface area contributed by atoms with Crippen LogP contribution >= 0.6 is 0 Å². The summed E-state index contributed by atoms with van der Waals surface area (Å²) in [6.07, 6.45) is -0.629. The zero-order valence-corrected chi connectivity index (χ0v) is 16.9. The first kappa shape index (κ1) is 21.3. The normalized spacial score (nSPS) is 24.2. The summed E-state index contributed by atoms with van der Waals surface area (Å²) in [5.74, 6) is 0.306. The second kappa shape index (κ2) is 9.39. The number of carbonyl (C=O) groups excluding carboxylic acids is 1. The summed E-state index contributed by atoms with van der Waals surface area (Å²) in [7, 11) is 3.46. The van der Waals surface area contributed by atoms with E-state index in [1.54, 1.807) is 19.0 Å². The summed E-state index contributed by atoms with van der Waals surface area (Å²) in [5, 5.41) is 29.5. The Bertz CT molecular complexity index is 820. The van der Waals surface area contributed by atoms with Crippen molar-refractivity contribution in [2.24, 2.45) is 5.92 Å². The Morgan fingerprint density at radius 2 is 1.76 bits per heavy atom. The van der Waals surface area contributed by atoms with Crippen molar-refractivity contribution in [2.75, 3.05) is 20.7 Å². The fraction of sp³-hybridized carbons (Fsp3) is 0.435. The first-order valence-electron chi connectivity index (χ1n) is 9.91. The zero-order valence-electron chi connectivity index (χ0n) is 16.9. The van der Waals surface area contributed by atoms with Gasteiger partial charge in [0.1, 0.15) is 11.9 Å². The van der Waals surface area contributed by atoms with E-state index in [-0.39, 0.29) is 18.6 Å². The third kappa shape index (κ3) is 5.15. The summed E-state index contributed by atoms with van der Waals surface area (Å²) in [6.45, 7) is -0.183. The highest BCUT2D eigenvalue weighted by Crippen LogP contribution is 2.30. The Morgan fingerprint density at radius 3 is 2.41 bits per heavy atom. The third-order valence-electron chi connectivity index (χ3n) is 5.45. The highest BCUT2D eigenvalue weighted by atomic mass is 16.5. The molecular formula is C23H29NO5. The summed E-state index contributed by atoms with van der Waals surface area (Å²) in [5.41, 5.74) is 2.71. The van der Waals surface area contributed by atoms with Gasteiger partial charge in [0.05, 0.1) is 12.2 Å². The van der Waals surface area contributed by atoms with Crippen molar-refractivity contribution in [3.8, 4) is 5.75 Å². The number of carbonyl (C=O) groups is 1. The zero-order chi connectivity index (χ0) is 21.0. The molecule has 2 aromatic carbocycles. The number of rotatable bonds is 6. The lowest BCUT2D eigenvalue weighted by molar-refractivity contribution is -0.0892. The van der Waals surface area contributed by atoms with Crippen molar-refractivity contribution in [1.29, 1.82) is 0 Å². The second-order valence-corrected chi connectivity index (χ2v) is 7.89. The van der Waals surface area contributed by atoms with Gasteiger partial charge in [-0.15, -0.1) is 0 Å². The molecule has 3 rings (SSSR count). The van der Waals surface area contributed by atoms with Crippen molar-refractivity contribution in [3.05, 3.63) is 65.2 Å². The number of hydrogen-bond donors (Lipinski definition) is 3. The maximum absolute atomic E-state index is 12.0. The minimum Gasteiger partial charge on any atom is -0.490 e. The van der Waals surface area contributed by atoms with Gasteiger partial charge in [0.25, 0.3) is 5.91 Å². The Hall–Kier alpha value is -2.41. The number of amides is 1. The van der Waals surface area contributed by atoms with Crippen LogP contribution in [0.3, 0.4) is 0 Å². The average Bonchev–Trinajstić information content (AvgIpc) is 2.72. The highest BCUT2D eigenvalue weighted by molar-refractivity contribution is 5.93. The van der Waals surface area contributed by atoms with Crippen LogP contribution in [0.25, 0.3) is 0 Å². The van der Waals surface area contributed by atoms with E-state index in [9.17, 15) is 20.1 Å². The molecule has 1 fully saturated rings. The molecule has 0 saturated heterocycles. The van der Waals surface area contributed by atoms with E-state index in [1.807, 2.05) is 48.5 Å². The van der Waals surface area contributed by atoms with Gasteiger partial charge in [-0.3, -0.25) is 4.79 Å². The Kier molecular flexibility index (Phi) is 6.90. The maximum Gasteiger partial charge on any atom is 0.253 e. The Morgan fingerprint density at radius 1 is 1.07 bits per heavy atom. The molecule has 1 aliphatic rings. The summed E-state index contributed by atoms with van der Waals surface area (Å²) in [4.78, 5) is 13.6. The molecule has 0 spiro atoms. The quantitative estimate of drug-likeness (QED) is 0.690. The van der Waals surface area contributed by atoms with Crippen molar-refractivity contribution < 1.29 is 24.9 Å². The third-order valence-corrected chi connectivity index (χ3v) is 5.45. The molecule has 0 bridgehead atoms. The lowest BCUT2D eigenvalue weighted by Gasteiger charge is -2.36. The number of aliphatic hydroxyl groups excluding tert-OH is 3. The molecule has 4 atom stereocenters. The van der Waals surface area contributed by atoms with Crippen LogP contribution in [-0.2, 0) is 6.42 Å². The summed E-state index contributed by atoms with van der Waals surface area (Å²) >= 11 is 0. The van der Waals surface area contributed by atoms with Crippen molar-refractivity contribution in [2.45, 2.75) is 37.6 Å². The largest absolute Gasteiger partial charge is 0.490 e. The number of nitrogens with zero attached hydrogens (tertiary/aromatic N) is 1. The number of hydrogen-bond acceptors (Lipinski definition) is 5. The van der Waals surface area contributed by atoms with Crippen LogP contribution < -0.4 is 4.74 Å². The molecule has 0 aliphatic heterocycles. The van der Waals surface area contributed by atoms with Crippen LogP contribution in [0, 0.1) is 5.92 Å². The standard InChI is InChI=1S/C23H29NO5/c1-24(2)23(28)16-9-7-15(8-10-16)11-17-5-3-4-6-21(17)29-19-12-18(14-25)22(27)20(26)13-19/h3-10,18-20,22,25-27H,11-14H2,1-2H3/t18-,19-,20-,22-/m1/s1. The average molecular weight is 399 g/mol. The highest BCUT2D eigenvalue weighted by Gasteiger charge is 2.36. The van der Waals surface area contributed by atoms with Crippen molar-refractivity contribution in [3.63, 3.8) is 0 Å².